The van der Waals surface area contributed by atoms with Gasteiger partial charge >= 0.3 is 0 Å². The van der Waals surface area contributed by atoms with Crippen LogP contribution < -0.4 is 10.6 Å². The van der Waals surface area contributed by atoms with Gasteiger partial charge in [0.1, 0.15) is 0 Å². The summed E-state index contributed by atoms with van der Waals surface area (Å²) >= 11 is 0. The highest BCUT2D eigenvalue weighted by atomic mass is 16.1. The van der Waals surface area contributed by atoms with E-state index in [0.717, 1.165) is 13.0 Å². The summed E-state index contributed by atoms with van der Waals surface area (Å²) in [6.45, 7) is 5.46. The van der Waals surface area contributed by atoms with E-state index in [1.165, 1.54) is 44.9 Å². The molecule has 18 heavy (non-hydrogen) atoms. The van der Waals surface area contributed by atoms with E-state index in [2.05, 4.69) is 24.5 Å². The van der Waals surface area contributed by atoms with Crippen LogP contribution in [0.3, 0.4) is 0 Å². The van der Waals surface area contributed by atoms with Crippen molar-refractivity contribution in [3.05, 3.63) is 0 Å². The SMILES string of the molecule is CCCCCCC(C)NCCCC(=O)NC1CC1. The first-order valence-corrected chi connectivity index (χ1v) is 7.75. The molecule has 0 bridgehead atoms. The third-order valence-corrected chi connectivity index (χ3v) is 3.51. The lowest BCUT2D eigenvalue weighted by atomic mass is 10.1. The molecule has 3 heteroatoms. The van der Waals surface area contributed by atoms with Crippen molar-refractivity contribution >= 4 is 5.91 Å². The van der Waals surface area contributed by atoms with Gasteiger partial charge < -0.3 is 10.6 Å². The van der Waals surface area contributed by atoms with Crippen LogP contribution in [0.15, 0.2) is 0 Å². The van der Waals surface area contributed by atoms with Gasteiger partial charge in [-0.2, -0.15) is 0 Å². The Morgan fingerprint density at radius 1 is 1.22 bits per heavy atom. The van der Waals surface area contributed by atoms with Crippen molar-refractivity contribution in [2.45, 2.75) is 83.7 Å². The van der Waals surface area contributed by atoms with Crippen LogP contribution in [0.5, 0.6) is 0 Å². The lowest BCUT2D eigenvalue weighted by Crippen LogP contribution is -2.29. The minimum atomic E-state index is 0.231. The van der Waals surface area contributed by atoms with Crippen molar-refractivity contribution in [2.24, 2.45) is 0 Å². The molecule has 1 aliphatic carbocycles. The van der Waals surface area contributed by atoms with Crippen LogP contribution in [-0.4, -0.2) is 24.5 Å². The van der Waals surface area contributed by atoms with Gasteiger partial charge in [0, 0.05) is 18.5 Å². The number of hydrogen-bond donors (Lipinski definition) is 2. The fourth-order valence-electron chi connectivity index (χ4n) is 2.10. The van der Waals surface area contributed by atoms with Gasteiger partial charge in [0.05, 0.1) is 0 Å². The van der Waals surface area contributed by atoms with Crippen LogP contribution in [0.4, 0.5) is 0 Å². The minimum Gasteiger partial charge on any atom is -0.353 e. The molecule has 1 fully saturated rings. The molecule has 0 spiro atoms. The molecule has 0 aromatic carbocycles. The molecule has 1 atom stereocenters. The lowest BCUT2D eigenvalue weighted by Gasteiger charge is -2.13. The first kappa shape index (κ1) is 15.5. The molecule has 0 radical (unpaired) electrons. The van der Waals surface area contributed by atoms with Crippen LogP contribution in [-0.2, 0) is 4.79 Å². The lowest BCUT2D eigenvalue weighted by molar-refractivity contribution is -0.121. The Morgan fingerprint density at radius 2 is 2.00 bits per heavy atom. The molecule has 1 aliphatic rings. The molecule has 1 rings (SSSR count). The maximum absolute atomic E-state index is 11.4. The summed E-state index contributed by atoms with van der Waals surface area (Å²) in [5, 5.41) is 6.53. The standard InChI is InChI=1S/C15H30N2O/c1-3-4-5-6-8-13(2)16-12-7-9-15(18)17-14-10-11-14/h13-14,16H,3-12H2,1-2H3,(H,17,18). The van der Waals surface area contributed by atoms with Crippen molar-refractivity contribution in [3.8, 4) is 0 Å². The topological polar surface area (TPSA) is 41.1 Å². The largest absolute Gasteiger partial charge is 0.353 e. The molecular formula is C15H30N2O. The number of hydrogen-bond acceptors (Lipinski definition) is 2. The average molecular weight is 254 g/mol. The van der Waals surface area contributed by atoms with Gasteiger partial charge in [0.2, 0.25) is 5.91 Å². The fourth-order valence-corrected chi connectivity index (χ4v) is 2.10. The van der Waals surface area contributed by atoms with Crippen molar-refractivity contribution in [1.82, 2.24) is 10.6 Å². The molecule has 0 heterocycles. The average Bonchev–Trinajstić information content (AvgIpc) is 3.14. The monoisotopic (exact) mass is 254 g/mol. The second-order valence-corrected chi connectivity index (χ2v) is 5.65. The van der Waals surface area contributed by atoms with Crippen molar-refractivity contribution < 1.29 is 4.79 Å². The van der Waals surface area contributed by atoms with Crippen LogP contribution in [0.25, 0.3) is 0 Å². The molecule has 0 aromatic rings. The zero-order valence-corrected chi connectivity index (χ0v) is 12.1. The Bertz CT molecular complexity index is 227. The maximum atomic E-state index is 11.4. The third kappa shape index (κ3) is 8.51. The van der Waals surface area contributed by atoms with Crippen molar-refractivity contribution in [2.75, 3.05) is 6.54 Å². The highest BCUT2D eigenvalue weighted by molar-refractivity contribution is 5.76. The van der Waals surface area contributed by atoms with Crippen LogP contribution in [0, 0.1) is 0 Å². The molecule has 2 N–H and O–H groups in total. The molecular weight excluding hydrogens is 224 g/mol. The molecule has 0 aromatic heterocycles. The predicted octanol–water partition coefficient (Wildman–Crippen LogP) is 2.99. The van der Waals surface area contributed by atoms with Gasteiger partial charge in [0.25, 0.3) is 0 Å². The maximum Gasteiger partial charge on any atom is 0.220 e. The minimum absolute atomic E-state index is 0.231. The van der Waals surface area contributed by atoms with Crippen LogP contribution in [0.1, 0.15) is 71.6 Å². The summed E-state index contributed by atoms with van der Waals surface area (Å²) < 4.78 is 0. The Hall–Kier alpha value is -0.570. The number of carbonyl (C=O) groups is 1. The van der Waals surface area contributed by atoms with Crippen LogP contribution in [0.2, 0.25) is 0 Å². The van der Waals surface area contributed by atoms with E-state index in [4.69, 9.17) is 0 Å². The number of nitrogens with one attached hydrogen (secondary N) is 2. The van der Waals surface area contributed by atoms with E-state index >= 15 is 0 Å². The molecule has 1 amide bonds. The summed E-state index contributed by atoms with van der Waals surface area (Å²) in [6, 6.07) is 1.09. The van der Waals surface area contributed by atoms with Gasteiger partial charge in [-0.25, -0.2) is 0 Å². The summed E-state index contributed by atoms with van der Waals surface area (Å²) in [5.41, 5.74) is 0. The molecule has 0 aliphatic heterocycles. The summed E-state index contributed by atoms with van der Waals surface area (Å²) in [4.78, 5) is 11.4. The van der Waals surface area contributed by atoms with E-state index in [1.807, 2.05) is 0 Å². The third-order valence-electron chi connectivity index (χ3n) is 3.51. The number of rotatable bonds is 11. The highest BCUT2D eigenvalue weighted by Gasteiger charge is 2.22. The van der Waals surface area contributed by atoms with E-state index < -0.39 is 0 Å². The van der Waals surface area contributed by atoms with Gasteiger partial charge in [-0.1, -0.05) is 32.6 Å². The zero-order valence-electron chi connectivity index (χ0n) is 12.1. The predicted molar refractivity (Wildman–Crippen MR) is 76.6 cm³/mol. The molecule has 1 saturated carbocycles. The number of amides is 1. The molecule has 3 nitrogen and oxygen atoms in total. The summed E-state index contributed by atoms with van der Waals surface area (Å²) in [7, 11) is 0. The van der Waals surface area contributed by atoms with E-state index in [1.54, 1.807) is 0 Å². The number of carbonyl (C=O) groups excluding carboxylic acids is 1. The molecule has 106 valence electrons. The van der Waals surface area contributed by atoms with E-state index in [-0.39, 0.29) is 5.91 Å². The second-order valence-electron chi connectivity index (χ2n) is 5.65. The van der Waals surface area contributed by atoms with Crippen molar-refractivity contribution in [3.63, 3.8) is 0 Å². The van der Waals surface area contributed by atoms with E-state index in [0.29, 0.717) is 18.5 Å². The quantitative estimate of drug-likeness (QED) is 0.557. The Kier molecular flexibility index (Phi) is 8.06. The van der Waals surface area contributed by atoms with Crippen molar-refractivity contribution in [1.29, 1.82) is 0 Å². The van der Waals surface area contributed by atoms with Gasteiger partial charge in [0.15, 0.2) is 0 Å². The second kappa shape index (κ2) is 9.37. The first-order chi connectivity index (χ1) is 8.72. The summed E-state index contributed by atoms with van der Waals surface area (Å²) in [6.07, 6.45) is 10.6. The smallest absolute Gasteiger partial charge is 0.220 e. The van der Waals surface area contributed by atoms with Gasteiger partial charge in [-0.05, 0) is 39.2 Å². The van der Waals surface area contributed by atoms with E-state index in [9.17, 15) is 4.79 Å². The van der Waals surface area contributed by atoms with Gasteiger partial charge in [-0.3, -0.25) is 4.79 Å². The Balaban J connectivity index is 1.84. The fraction of sp³-hybridized carbons (Fsp3) is 0.933. The normalized spacial score (nSPS) is 16.6. The first-order valence-electron chi connectivity index (χ1n) is 7.75. The Morgan fingerprint density at radius 3 is 2.67 bits per heavy atom. The molecule has 1 unspecified atom stereocenters. The molecule has 0 saturated heterocycles. The van der Waals surface area contributed by atoms with Crippen LogP contribution >= 0.6 is 0 Å². The number of unbranched alkanes of at least 4 members (excludes halogenated alkanes) is 3. The zero-order chi connectivity index (χ0) is 13.2. The van der Waals surface area contributed by atoms with Gasteiger partial charge in [-0.15, -0.1) is 0 Å². The summed E-state index contributed by atoms with van der Waals surface area (Å²) in [5.74, 6) is 0.231. The Labute approximate surface area is 112 Å². The highest BCUT2D eigenvalue weighted by Crippen LogP contribution is 2.18.